The van der Waals surface area contributed by atoms with E-state index in [9.17, 15) is 9.36 Å². The van der Waals surface area contributed by atoms with Crippen molar-refractivity contribution in [2.45, 2.75) is 13.3 Å². The largest absolute Gasteiger partial charge is 0.330 e. The SMILES string of the molecule is CCC(=O)[N+](C)(C)CC[PH+]=O. The lowest BCUT2D eigenvalue weighted by Crippen LogP contribution is -2.46. The maximum Gasteiger partial charge on any atom is 0.330 e. The zero-order valence-electron chi connectivity index (χ0n) is 7.39. The Balaban J connectivity index is 3.97. The normalized spacial score (nSPS) is 11.9. The predicted octanol–water partition coefficient (Wildman–Crippen LogP) is 1.02. The van der Waals surface area contributed by atoms with Crippen molar-refractivity contribution in [2.24, 2.45) is 0 Å². The van der Waals surface area contributed by atoms with E-state index in [1.165, 1.54) is 0 Å². The van der Waals surface area contributed by atoms with Crippen LogP contribution in [0.15, 0.2) is 0 Å². The molecule has 0 aromatic carbocycles. The molecule has 0 spiro atoms. The smallest absolute Gasteiger partial charge is 0.262 e. The average molecular weight is 177 g/mol. The fourth-order valence-corrected chi connectivity index (χ4v) is 1.53. The molecule has 0 fully saturated rings. The van der Waals surface area contributed by atoms with Crippen LogP contribution in [0, 0.1) is 0 Å². The molecule has 0 heterocycles. The fraction of sp³-hybridized carbons (Fsp3) is 0.857. The number of nitrogens with zero attached hydrogens (tertiary/aromatic N) is 1. The topological polar surface area (TPSA) is 34.1 Å². The van der Waals surface area contributed by atoms with Crippen LogP contribution >= 0.6 is 8.46 Å². The van der Waals surface area contributed by atoms with Crippen molar-refractivity contribution in [2.75, 3.05) is 26.8 Å². The standard InChI is InChI=1S/C7H15NO2P/c1-4-7(9)8(2,3)5-6-11-10/h4-6H2,1-3H3/q+1/p+1. The second kappa shape index (κ2) is 4.58. The van der Waals surface area contributed by atoms with E-state index in [1.807, 2.05) is 21.0 Å². The molecule has 0 saturated heterocycles. The lowest BCUT2D eigenvalue weighted by atomic mass is 10.3. The molecule has 4 heteroatoms. The highest BCUT2D eigenvalue weighted by Crippen LogP contribution is 2.04. The van der Waals surface area contributed by atoms with Crippen molar-refractivity contribution in [3.63, 3.8) is 0 Å². The summed E-state index contributed by atoms with van der Waals surface area (Å²) in [5.74, 6) is 0.197. The van der Waals surface area contributed by atoms with Gasteiger partial charge in [0.15, 0.2) is 6.16 Å². The average Bonchev–Trinajstić information content (AvgIpc) is 1.99. The van der Waals surface area contributed by atoms with Crippen LogP contribution < -0.4 is 0 Å². The molecular formula is C7H16NO2P+2. The second-order valence-electron chi connectivity index (χ2n) is 3.05. The van der Waals surface area contributed by atoms with Gasteiger partial charge in [0, 0.05) is 0 Å². The molecule has 64 valence electrons. The van der Waals surface area contributed by atoms with Gasteiger partial charge in [-0.3, -0.25) is 4.48 Å². The molecule has 1 amide bonds. The van der Waals surface area contributed by atoms with Gasteiger partial charge in [-0.2, -0.15) is 0 Å². The van der Waals surface area contributed by atoms with Gasteiger partial charge in [-0.1, -0.05) is 11.5 Å². The fourth-order valence-electron chi connectivity index (χ4n) is 0.878. The van der Waals surface area contributed by atoms with Gasteiger partial charge in [0.25, 0.3) is 0 Å². The number of hydrogen-bond acceptors (Lipinski definition) is 2. The van der Waals surface area contributed by atoms with Crippen LogP contribution in [-0.2, 0) is 9.36 Å². The highest BCUT2D eigenvalue weighted by Gasteiger charge is 2.24. The summed E-state index contributed by atoms with van der Waals surface area (Å²) in [6.45, 7) is 2.52. The van der Waals surface area contributed by atoms with Gasteiger partial charge < -0.3 is 0 Å². The molecule has 0 saturated carbocycles. The number of rotatable bonds is 4. The van der Waals surface area contributed by atoms with E-state index >= 15 is 0 Å². The Labute approximate surface area is 69.2 Å². The molecule has 1 atom stereocenters. The molecule has 0 aliphatic carbocycles. The van der Waals surface area contributed by atoms with Crippen LogP contribution in [0.5, 0.6) is 0 Å². The molecular weight excluding hydrogens is 161 g/mol. The Hall–Kier alpha value is -0.270. The summed E-state index contributed by atoms with van der Waals surface area (Å²) >= 11 is 0. The Morgan fingerprint density at radius 1 is 1.45 bits per heavy atom. The van der Waals surface area contributed by atoms with Crippen molar-refractivity contribution >= 4 is 14.4 Å². The molecule has 0 N–H and O–H groups in total. The molecule has 0 aromatic rings. The minimum Gasteiger partial charge on any atom is -0.262 e. The number of hydrogen-bond donors (Lipinski definition) is 0. The molecule has 0 bridgehead atoms. The first kappa shape index (κ1) is 10.7. The summed E-state index contributed by atoms with van der Waals surface area (Å²) in [5.41, 5.74) is 0. The second-order valence-corrected chi connectivity index (χ2v) is 3.84. The summed E-state index contributed by atoms with van der Waals surface area (Å²) in [7, 11) is 3.41. The van der Waals surface area contributed by atoms with E-state index in [2.05, 4.69) is 0 Å². The Bertz CT molecular complexity index is 157. The van der Waals surface area contributed by atoms with Crippen molar-refractivity contribution < 1.29 is 13.8 Å². The van der Waals surface area contributed by atoms with Gasteiger partial charge in [-0.25, -0.2) is 4.79 Å². The van der Waals surface area contributed by atoms with E-state index in [1.54, 1.807) is 0 Å². The highest BCUT2D eigenvalue weighted by atomic mass is 31.1. The summed E-state index contributed by atoms with van der Waals surface area (Å²) in [6, 6.07) is 0. The molecule has 1 unspecified atom stereocenters. The molecule has 11 heavy (non-hydrogen) atoms. The van der Waals surface area contributed by atoms with Crippen LogP contribution in [-0.4, -0.2) is 37.2 Å². The minimum absolute atomic E-state index is 0.197. The van der Waals surface area contributed by atoms with Crippen molar-refractivity contribution in [1.29, 1.82) is 0 Å². The molecule has 0 radical (unpaired) electrons. The van der Waals surface area contributed by atoms with E-state index in [4.69, 9.17) is 0 Å². The van der Waals surface area contributed by atoms with E-state index in [0.717, 1.165) is 0 Å². The predicted molar refractivity (Wildman–Crippen MR) is 46.1 cm³/mol. The zero-order valence-corrected chi connectivity index (χ0v) is 8.39. The molecule has 3 nitrogen and oxygen atoms in total. The van der Waals surface area contributed by atoms with Gasteiger partial charge in [0.2, 0.25) is 0 Å². The number of quaternary nitrogens is 1. The summed E-state index contributed by atoms with van der Waals surface area (Å²) < 4.78 is 10.5. The van der Waals surface area contributed by atoms with Crippen molar-refractivity contribution in [1.82, 2.24) is 0 Å². The van der Waals surface area contributed by atoms with Crippen LogP contribution in [0.1, 0.15) is 13.3 Å². The van der Waals surface area contributed by atoms with Gasteiger partial charge in [0.05, 0.1) is 20.5 Å². The maximum absolute atomic E-state index is 11.2. The van der Waals surface area contributed by atoms with Crippen LogP contribution in [0.25, 0.3) is 0 Å². The third-order valence-corrected chi connectivity index (χ3v) is 2.18. The lowest BCUT2D eigenvalue weighted by Gasteiger charge is -2.23. The molecule has 0 aromatic heterocycles. The van der Waals surface area contributed by atoms with Crippen molar-refractivity contribution in [3.8, 4) is 0 Å². The monoisotopic (exact) mass is 177 g/mol. The van der Waals surface area contributed by atoms with Crippen LogP contribution in [0.4, 0.5) is 0 Å². The maximum atomic E-state index is 11.2. The first-order valence-electron chi connectivity index (χ1n) is 3.76. The lowest BCUT2D eigenvalue weighted by molar-refractivity contribution is -0.811. The highest BCUT2D eigenvalue weighted by molar-refractivity contribution is 7.23. The summed E-state index contributed by atoms with van der Waals surface area (Å²) in [5, 5.41) is 0. The third-order valence-electron chi connectivity index (χ3n) is 1.75. The van der Waals surface area contributed by atoms with E-state index < -0.39 is 0 Å². The third kappa shape index (κ3) is 3.59. The van der Waals surface area contributed by atoms with Crippen molar-refractivity contribution in [3.05, 3.63) is 0 Å². The summed E-state index contributed by atoms with van der Waals surface area (Å²) in [6.07, 6.45) is 1.16. The first-order valence-corrected chi connectivity index (χ1v) is 4.87. The molecule has 0 aliphatic heterocycles. The van der Waals surface area contributed by atoms with Crippen LogP contribution in [0.3, 0.4) is 0 Å². The number of carbonyl (C=O) groups is 1. The zero-order chi connectivity index (χ0) is 8.91. The van der Waals surface area contributed by atoms with Gasteiger partial charge in [-0.05, 0) is 0 Å². The van der Waals surface area contributed by atoms with Gasteiger partial charge in [-0.15, -0.1) is 0 Å². The molecule has 0 rings (SSSR count). The first-order chi connectivity index (χ1) is 5.04. The van der Waals surface area contributed by atoms with Gasteiger partial charge >= 0.3 is 14.4 Å². The Morgan fingerprint density at radius 2 is 2.00 bits per heavy atom. The van der Waals surface area contributed by atoms with Gasteiger partial charge in [0.1, 0.15) is 6.54 Å². The van der Waals surface area contributed by atoms with E-state index in [0.29, 0.717) is 23.6 Å². The Kier molecular flexibility index (Phi) is 4.46. The molecule has 0 aliphatic rings. The Morgan fingerprint density at radius 3 is 2.36 bits per heavy atom. The van der Waals surface area contributed by atoms with E-state index in [-0.39, 0.29) is 14.4 Å². The minimum atomic E-state index is -0.292. The number of amides is 1. The quantitative estimate of drug-likeness (QED) is 0.474. The number of carbonyl (C=O) groups excluding carboxylic acids is 1. The van der Waals surface area contributed by atoms with Crippen LogP contribution in [0.2, 0.25) is 0 Å². The summed E-state index contributed by atoms with van der Waals surface area (Å²) in [4.78, 5) is 11.2.